The highest BCUT2D eigenvalue weighted by atomic mass is 19.1. The summed E-state index contributed by atoms with van der Waals surface area (Å²) < 4.78 is 18.6. The van der Waals surface area contributed by atoms with Gasteiger partial charge in [0, 0.05) is 24.4 Å². The van der Waals surface area contributed by atoms with Crippen LogP contribution in [0.5, 0.6) is 5.75 Å². The van der Waals surface area contributed by atoms with Crippen molar-refractivity contribution >= 4 is 0 Å². The molecule has 1 aromatic carbocycles. The van der Waals surface area contributed by atoms with Crippen molar-refractivity contribution in [3.8, 4) is 5.75 Å². The summed E-state index contributed by atoms with van der Waals surface area (Å²) in [5.74, 6) is 0.488. The number of nitrogens with two attached hydrogens (primary N) is 1. The molecule has 1 unspecified atom stereocenters. The molecule has 2 rings (SSSR count). The smallest absolute Gasteiger partial charge is 0.126 e. The summed E-state index contributed by atoms with van der Waals surface area (Å²) in [4.78, 5) is 3.02. The summed E-state index contributed by atoms with van der Waals surface area (Å²) >= 11 is 0. The normalized spacial score (nSPS) is 12.3. The minimum atomic E-state index is -0.287. The molecule has 0 spiro atoms. The van der Waals surface area contributed by atoms with E-state index in [4.69, 9.17) is 10.5 Å². The van der Waals surface area contributed by atoms with E-state index < -0.39 is 0 Å². The molecule has 3 N–H and O–H groups in total. The SMILES string of the molecule is NCCC(COc1cccc(F)c1)c1cc[nH]c1. The Morgan fingerprint density at radius 2 is 2.22 bits per heavy atom. The summed E-state index contributed by atoms with van der Waals surface area (Å²) in [5, 5.41) is 0. The van der Waals surface area contributed by atoms with E-state index in [-0.39, 0.29) is 11.7 Å². The Balaban J connectivity index is 1.98. The summed E-state index contributed by atoms with van der Waals surface area (Å²) in [7, 11) is 0. The zero-order chi connectivity index (χ0) is 12.8. The maximum atomic E-state index is 13.0. The summed E-state index contributed by atoms with van der Waals surface area (Å²) in [6, 6.07) is 8.18. The van der Waals surface area contributed by atoms with Crippen LogP contribution in [0.2, 0.25) is 0 Å². The molecule has 0 saturated carbocycles. The standard InChI is InChI=1S/C14H17FN2O/c15-13-2-1-3-14(8-13)18-10-12(4-6-16)11-5-7-17-9-11/h1-3,5,7-9,12,17H,4,6,10,16H2. The maximum absolute atomic E-state index is 13.0. The summed E-state index contributed by atoms with van der Waals surface area (Å²) in [6.45, 7) is 1.10. The molecule has 4 heteroatoms. The summed E-state index contributed by atoms with van der Waals surface area (Å²) in [6.07, 6.45) is 4.66. The first-order valence-corrected chi connectivity index (χ1v) is 6.00. The van der Waals surface area contributed by atoms with Crippen LogP contribution in [0.3, 0.4) is 0 Å². The molecule has 1 heterocycles. The molecule has 0 aliphatic heterocycles. The number of aromatic amines is 1. The van der Waals surface area contributed by atoms with E-state index in [1.165, 1.54) is 12.1 Å². The van der Waals surface area contributed by atoms with Gasteiger partial charge in [0.1, 0.15) is 11.6 Å². The van der Waals surface area contributed by atoms with E-state index in [2.05, 4.69) is 4.98 Å². The molecule has 0 fully saturated rings. The minimum Gasteiger partial charge on any atom is -0.493 e. The number of hydrogen-bond donors (Lipinski definition) is 2. The predicted octanol–water partition coefficient (Wildman–Crippen LogP) is 2.67. The van der Waals surface area contributed by atoms with E-state index in [1.807, 2.05) is 18.5 Å². The number of halogens is 1. The Hall–Kier alpha value is -1.81. The molecule has 2 aromatic rings. The minimum absolute atomic E-state index is 0.226. The molecule has 0 aliphatic carbocycles. The zero-order valence-electron chi connectivity index (χ0n) is 10.1. The van der Waals surface area contributed by atoms with Gasteiger partial charge in [0.25, 0.3) is 0 Å². The largest absolute Gasteiger partial charge is 0.493 e. The molecular weight excluding hydrogens is 231 g/mol. The van der Waals surface area contributed by atoms with Crippen molar-refractivity contribution in [3.63, 3.8) is 0 Å². The molecule has 18 heavy (non-hydrogen) atoms. The second-order valence-corrected chi connectivity index (χ2v) is 4.19. The fourth-order valence-electron chi connectivity index (χ4n) is 1.89. The Morgan fingerprint density at radius 3 is 2.89 bits per heavy atom. The van der Waals surface area contributed by atoms with Crippen molar-refractivity contribution in [3.05, 3.63) is 54.1 Å². The predicted molar refractivity (Wildman–Crippen MR) is 69.1 cm³/mol. The van der Waals surface area contributed by atoms with Gasteiger partial charge in [0.05, 0.1) is 6.61 Å². The van der Waals surface area contributed by atoms with Gasteiger partial charge in [-0.15, -0.1) is 0 Å². The van der Waals surface area contributed by atoms with Crippen molar-refractivity contribution in [1.82, 2.24) is 4.98 Å². The van der Waals surface area contributed by atoms with Gasteiger partial charge >= 0.3 is 0 Å². The second kappa shape index (κ2) is 6.21. The number of ether oxygens (including phenoxy) is 1. The van der Waals surface area contributed by atoms with Crippen molar-refractivity contribution in [1.29, 1.82) is 0 Å². The Kier molecular flexibility index (Phi) is 4.36. The number of rotatable bonds is 6. The highest BCUT2D eigenvalue weighted by Gasteiger charge is 2.12. The second-order valence-electron chi connectivity index (χ2n) is 4.19. The molecule has 1 atom stereocenters. The topological polar surface area (TPSA) is 51.0 Å². The van der Waals surface area contributed by atoms with Gasteiger partial charge < -0.3 is 15.5 Å². The third-order valence-electron chi connectivity index (χ3n) is 2.86. The van der Waals surface area contributed by atoms with Crippen LogP contribution in [0.1, 0.15) is 17.9 Å². The first-order chi connectivity index (χ1) is 8.79. The van der Waals surface area contributed by atoms with E-state index in [0.29, 0.717) is 18.9 Å². The molecule has 0 bridgehead atoms. The lowest BCUT2D eigenvalue weighted by Crippen LogP contribution is -2.14. The summed E-state index contributed by atoms with van der Waals surface area (Å²) in [5.41, 5.74) is 6.77. The van der Waals surface area contributed by atoms with Gasteiger partial charge in [0.2, 0.25) is 0 Å². The number of aromatic nitrogens is 1. The van der Waals surface area contributed by atoms with E-state index in [1.54, 1.807) is 12.1 Å². The lowest BCUT2D eigenvalue weighted by Gasteiger charge is -2.16. The van der Waals surface area contributed by atoms with Gasteiger partial charge in [-0.25, -0.2) is 4.39 Å². The Morgan fingerprint density at radius 1 is 1.33 bits per heavy atom. The third kappa shape index (κ3) is 3.34. The molecule has 0 saturated heterocycles. The molecule has 0 aliphatic rings. The van der Waals surface area contributed by atoms with E-state index in [9.17, 15) is 4.39 Å². The van der Waals surface area contributed by atoms with Crippen LogP contribution >= 0.6 is 0 Å². The molecule has 1 aromatic heterocycles. The van der Waals surface area contributed by atoms with E-state index >= 15 is 0 Å². The van der Waals surface area contributed by atoms with Crippen molar-refractivity contribution in [2.45, 2.75) is 12.3 Å². The number of nitrogens with one attached hydrogen (secondary N) is 1. The van der Waals surface area contributed by atoms with Gasteiger partial charge in [-0.1, -0.05) is 6.07 Å². The van der Waals surface area contributed by atoms with Crippen LogP contribution in [0, 0.1) is 5.82 Å². The number of benzene rings is 1. The van der Waals surface area contributed by atoms with Crippen LogP contribution in [0.15, 0.2) is 42.7 Å². The van der Waals surface area contributed by atoms with Crippen molar-refractivity contribution in [2.75, 3.05) is 13.2 Å². The highest BCUT2D eigenvalue weighted by Crippen LogP contribution is 2.21. The number of hydrogen-bond acceptors (Lipinski definition) is 2. The number of H-pyrrole nitrogens is 1. The van der Waals surface area contributed by atoms with Gasteiger partial charge in [-0.2, -0.15) is 0 Å². The molecule has 3 nitrogen and oxygen atoms in total. The van der Waals surface area contributed by atoms with Crippen molar-refractivity contribution < 1.29 is 9.13 Å². The third-order valence-corrected chi connectivity index (χ3v) is 2.86. The molecule has 96 valence electrons. The molecule has 0 radical (unpaired) electrons. The van der Waals surface area contributed by atoms with Gasteiger partial charge in [0.15, 0.2) is 0 Å². The van der Waals surface area contributed by atoms with Crippen LogP contribution in [0.25, 0.3) is 0 Å². The lowest BCUT2D eigenvalue weighted by atomic mass is 9.99. The van der Waals surface area contributed by atoms with Crippen LogP contribution in [0.4, 0.5) is 4.39 Å². The lowest BCUT2D eigenvalue weighted by molar-refractivity contribution is 0.281. The van der Waals surface area contributed by atoms with Crippen molar-refractivity contribution in [2.24, 2.45) is 5.73 Å². The Labute approximate surface area is 106 Å². The van der Waals surface area contributed by atoms with Crippen LogP contribution in [-0.4, -0.2) is 18.1 Å². The van der Waals surface area contributed by atoms with Crippen LogP contribution in [-0.2, 0) is 0 Å². The fourth-order valence-corrected chi connectivity index (χ4v) is 1.89. The van der Waals surface area contributed by atoms with Gasteiger partial charge in [-0.3, -0.25) is 0 Å². The van der Waals surface area contributed by atoms with E-state index in [0.717, 1.165) is 12.0 Å². The quantitative estimate of drug-likeness (QED) is 0.825. The first kappa shape index (κ1) is 12.6. The average molecular weight is 248 g/mol. The fraction of sp³-hybridized carbons (Fsp3) is 0.286. The maximum Gasteiger partial charge on any atom is 0.126 e. The highest BCUT2D eigenvalue weighted by molar-refractivity contribution is 5.23. The molecule has 0 amide bonds. The van der Waals surface area contributed by atoms with Gasteiger partial charge in [-0.05, 0) is 36.7 Å². The molecular formula is C14H17FN2O. The Bertz CT molecular complexity index is 470. The first-order valence-electron chi connectivity index (χ1n) is 6.00. The monoisotopic (exact) mass is 248 g/mol. The zero-order valence-corrected chi connectivity index (χ0v) is 10.1. The average Bonchev–Trinajstić information content (AvgIpc) is 2.88. The van der Waals surface area contributed by atoms with Crippen LogP contribution < -0.4 is 10.5 Å².